The number of H-pyrrole nitrogens is 1. The van der Waals surface area contributed by atoms with Gasteiger partial charge in [0.2, 0.25) is 6.79 Å². The molecule has 0 aromatic carbocycles. The SMILES string of the molecule is Cc1nc2c(ncn2[C@@H]2O[C@@H]3CO[P@@](=O)(SCOC(=O)OC(C)C)O[C@H]4[C@@H](O)[C@H](n5cnc6c(N)ncnc65)[C@H]5C[C@@]54CO[P@](=O)(OCOC(=O)OC(C)C)O[C@@H]2[C@@H]3CO)c(=O)[nH]1. The minimum atomic E-state index is -4.99. The number of phosphoric acid groups is 1. The number of aliphatic hydroxyl groups is 2. The van der Waals surface area contributed by atoms with Gasteiger partial charge in [0.15, 0.2) is 34.8 Å². The molecule has 1 spiro atoms. The summed E-state index contributed by atoms with van der Waals surface area (Å²) in [4.78, 5) is 61.3. The van der Waals surface area contributed by atoms with E-state index in [2.05, 4.69) is 29.9 Å². The van der Waals surface area contributed by atoms with Gasteiger partial charge in [0.05, 0.1) is 56.8 Å². The first-order chi connectivity index (χ1) is 29.9. The molecule has 4 aliphatic rings. The predicted molar refractivity (Wildman–Crippen MR) is 213 cm³/mol. The van der Waals surface area contributed by atoms with Gasteiger partial charge in [0.1, 0.15) is 36.0 Å². The van der Waals surface area contributed by atoms with E-state index in [0.29, 0.717) is 11.4 Å². The van der Waals surface area contributed by atoms with Gasteiger partial charge in [-0.25, -0.2) is 48.2 Å². The highest BCUT2D eigenvalue weighted by atomic mass is 32.7. The van der Waals surface area contributed by atoms with Crippen LogP contribution in [-0.2, 0) is 55.4 Å². The molecule has 29 heteroatoms. The normalized spacial score (nSPS) is 33.0. The smallest absolute Gasteiger partial charge is 0.432 e. The second-order valence-corrected chi connectivity index (χ2v) is 21.3. The molecule has 0 amide bonds. The molecular weight excluding hydrogens is 900 g/mol. The maximum Gasteiger partial charge on any atom is 0.510 e. The van der Waals surface area contributed by atoms with Crippen molar-refractivity contribution < 1.29 is 75.2 Å². The van der Waals surface area contributed by atoms with E-state index in [9.17, 15) is 24.6 Å². The van der Waals surface area contributed by atoms with Crippen LogP contribution in [0.2, 0.25) is 0 Å². The van der Waals surface area contributed by atoms with Gasteiger partial charge >= 0.3 is 26.9 Å². The molecule has 2 saturated heterocycles. The highest BCUT2D eigenvalue weighted by molar-refractivity contribution is 8.55. The lowest BCUT2D eigenvalue weighted by Gasteiger charge is -2.32. The highest BCUT2D eigenvalue weighted by Gasteiger charge is 2.74. The van der Waals surface area contributed by atoms with Crippen LogP contribution in [0.1, 0.15) is 52.2 Å². The lowest BCUT2D eigenvalue weighted by atomic mass is 9.99. The number of aryl methyl sites for hydroxylation is 1. The summed E-state index contributed by atoms with van der Waals surface area (Å²) in [6.07, 6.45) is -6.32. The number of rotatable bonds is 11. The summed E-state index contributed by atoms with van der Waals surface area (Å²) in [6, 6.07) is -0.881. The monoisotopic (exact) mass is 945 g/mol. The number of ether oxygens (including phenoxy) is 5. The third kappa shape index (κ3) is 8.93. The van der Waals surface area contributed by atoms with Crippen LogP contribution in [0.15, 0.2) is 23.8 Å². The van der Waals surface area contributed by atoms with Gasteiger partial charge in [-0.1, -0.05) is 0 Å². The number of hydrogen-bond acceptors (Lipinski definition) is 24. The average Bonchev–Trinajstić information content (AvgIpc) is 3.50. The standard InChI is InChI=1S/C34H45N9O17P2S/c1-15(2)56-32(47)51-13-55-61(49)54-9-34-6-19(34)23(42-11-38-21-27(35)36-10-37-28(21)42)24(45)26(34)60-62(50,63-14-52-33(48)57-16(3)4)53-8-20-18(7-44)25(59-61)31(58-20)43-12-39-22-29(43)40-17(5)41-30(22)46/h10-12,15-16,18-20,23-26,31,44-45H,6-9,13-14H2,1-5H3,(H2,35,36,37)(H,40,41,46)/t18-,19-,20-,23-,24+,25-,26+,31-,34-,61-,62-/m1/s1. The number of nitrogens with two attached hydrogens (primary N) is 1. The van der Waals surface area contributed by atoms with Gasteiger partial charge in [-0.3, -0.25) is 27.5 Å². The molecular formula is C34H45N9O17P2S. The second kappa shape index (κ2) is 17.6. The van der Waals surface area contributed by atoms with Crippen molar-refractivity contribution in [2.24, 2.45) is 17.3 Å². The van der Waals surface area contributed by atoms with E-state index in [1.807, 2.05) is 0 Å². The number of phosphoric ester groups is 1. The summed E-state index contributed by atoms with van der Waals surface area (Å²) in [6.45, 7) is 0.434. The van der Waals surface area contributed by atoms with E-state index in [4.69, 9.17) is 52.0 Å². The average molecular weight is 946 g/mol. The summed E-state index contributed by atoms with van der Waals surface area (Å²) >= 11 is 0.466. The number of anilines is 1. The zero-order chi connectivity index (χ0) is 45.0. The van der Waals surface area contributed by atoms with Crippen molar-refractivity contribution >= 4 is 66.5 Å². The van der Waals surface area contributed by atoms with Crippen molar-refractivity contribution in [1.82, 2.24) is 39.0 Å². The minimum absolute atomic E-state index is 0.0215. The fourth-order valence-electron chi connectivity index (χ4n) is 8.08. The summed E-state index contributed by atoms with van der Waals surface area (Å²) < 4.78 is 89.9. The predicted octanol–water partition coefficient (Wildman–Crippen LogP) is 3.10. The van der Waals surface area contributed by atoms with E-state index >= 15 is 9.13 Å². The van der Waals surface area contributed by atoms with Crippen LogP contribution < -0.4 is 11.3 Å². The molecule has 0 radical (unpaired) electrons. The zero-order valence-electron chi connectivity index (χ0n) is 34.3. The Bertz CT molecular complexity index is 2520. The van der Waals surface area contributed by atoms with Gasteiger partial charge in [-0.2, -0.15) is 0 Å². The van der Waals surface area contributed by atoms with Crippen molar-refractivity contribution in [2.75, 3.05) is 38.3 Å². The molecule has 2 aliphatic heterocycles. The topological polar surface area (TPSA) is 334 Å². The quantitative estimate of drug-likeness (QED) is 0.0953. The number of carbonyl (C=O) groups excluding carboxylic acids is 2. The number of hydrogen-bond donors (Lipinski definition) is 4. The third-order valence-electron chi connectivity index (χ3n) is 10.9. The van der Waals surface area contributed by atoms with E-state index in [-0.39, 0.29) is 40.4 Å². The van der Waals surface area contributed by atoms with E-state index < -0.39 is 131 Å². The first-order valence-electron chi connectivity index (χ1n) is 19.6. The molecule has 6 heterocycles. The number of imidazole rings is 2. The summed E-state index contributed by atoms with van der Waals surface area (Å²) in [5.74, 6) is -2.05. The lowest BCUT2D eigenvalue weighted by Crippen LogP contribution is -2.38. The maximum atomic E-state index is 15.0. The first-order valence-corrected chi connectivity index (χ1v) is 24.2. The molecule has 63 heavy (non-hydrogen) atoms. The summed E-state index contributed by atoms with van der Waals surface area (Å²) in [5.41, 5.74) is 4.64. The number of fused-ring (bicyclic) bond motifs is 4. The van der Waals surface area contributed by atoms with Crippen LogP contribution in [0.4, 0.5) is 15.4 Å². The Balaban J connectivity index is 1.19. The van der Waals surface area contributed by atoms with E-state index in [1.54, 1.807) is 32.3 Å². The van der Waals surface area contributed by atoms with Crippen LogP contribution in [0, 0.1) is 24.2 Å². The summed E-state index contributed by atoms with van der Waals surface area (Å²) in [7, 11) is -4.99. The first kappa shape index (κ1) is 45.3. The Labute approximate surface area is 360 Å². The van der Waals surface area contributed by atoms with E-state index in [1.165, 1.54) is 30.5 Å². The Morgan fingerprint density at radius 1 is 1.02 bits per heavy atom. The molecule has 4 aromatic heterocycles. The maximum absolute atomic E-state index is 15.0. The number of carbonyl (C=O) groups is 2. The largest absolute Gasteiger partial charge is 0.510 e. The van der Waals surface area contributed by atoms with Gasteiger partial charge in [-0.05, 0) is 47.0 Å². The Kier molecular flexibility index (Phi) is 12.7. The second-order valence-electron chi connectivity index (χ2n) is 15.7. The summed E-state index contributed by atoms with van der Waals surface area (Å²) in [5, 5.41) is 23.0. The fraction of sp³-hybridized carbons (Fsp3) is 0.647. The number of nitrogen functional groups attached to an aromatic ring is 1. The van der Waals surface area contributed by atoms with Crippen LogP contribution in [-0.4, -0.2) is 131 Å². The van der Waals surface area contributed by atoms with Crippen molar-refractivity contribution in [3.8, 4) is 0 Å². The Hall–Kier alpha value is -4.27. The molecule has 26 nitrogen and oxygen atoms in total. The molecule has 8 rings (SSSR count). The number of nitrogens with one attached hydrogen (secondary N) is 1. The molecule has 11 atom stereocenters. The van der Waals surface area contributed by atoms with Crippen molar-refractivity contribution in [3.05, 3.63) is 35.2 Å². The number of aromatic amines is 1. The molecule has 2 saturated carbocycles. The molecule has 5 N–H and O–H groups in total. The molecule has 2 bridgehead atoms. The van der Waals surface area contributed by atoms with Crippen molar-refractivity contribution in [2.45, 2.75) is 89.9 Å². The van der Waals surface area contributed by atoms with Crippen LogP contribution in [0.5, 0.6) is 0 Å². The van der Waals surface area contributed by atoms with Crippen LogP contribution in [0.25, 0.3) is 22.3 Å². The van der Waals surface area contributed by atoms with Crippen LogP contribution in [0.3, 0.4) is 0 Å². The highest BCUT2D eigenvalue weighted by Crippen LogP contribution is 2.74. The zero-order valence-corrected chi connectivity index (χ0v) is 36.9. The molecule has 4 aromatic rings. The molecule has 344 valence electrons. The number of aliphatic hydroxyl groups excluding tert-OH is 2. The van der Waals surface area contributed by atoms with Gasteiger partial charge < -0.3 is 49.2 Å². The number of aromatic nitrogens is 8. The van der Waals surface area contributed by atoms with Crippen molar-refractivity contribution in [3.63, 3.8) is 0 Å². The van der Waals surface area contributed by atoms with Gasteiger partial charge in [0.25, 0.3) is 5.56 Å². The lowest BCUT2D eigenvalue weighted by molar-refractivity contribution is -0.0688. The Morgan fingerprint density at radius 2 is 1.73 bits per heavy atom. The molecule has 4 fully saturated rings. The van der Waals surface area contributed by atoms with Gasteiger partial charge in [0, 0.05) is 22.7 Å². The number of nitrogens with zero attached hydrogens (tertiary/aromatic N) is 7. The van der Waals surface area contributed by atoms with Crippen molar-refractivity contribution in [1.29, 1.82) is 0 Å². The fourth-order valence-corrected chi connectivity index (χ4v) is 12.2. The minimum Gasteiger partial charge on any atom is -0.432 e. The Morgan fingerprint density at radius 3 is 2.46 bits per heavy atom. The van der Waals surface area contributed by atoms with Crippen LogP contribution >= 0.6 is 26.0 Å². The molecule has 0 unspecified atom stereocenters. The third-order valence-corrected chi connectivity index (χ3v) is 15.6. The van der Waals surface area contributed by atoms with E-state index in [0.717, 1.165) is 0 Å². The molecule has 2 aliphatic carbocycles. The van der Waals surface area contributed by atoms with Gasteiger partial charge in [-0.15, -0.1) is 0 Å².